The summed E-state index contributed by atoms with van der Waals surface area (Å²) in [7, 11) is 1.42. The molecule has 0 aliphatic carbocycles. The molecule has 0 radical (unpaired) electrons. The smallest absolute Gasteiger partial charge is 0.335 e. The predicted molar refractivity (Wildman–Crippen MR) is 113 cm³/mol. The lowest BCUT2D eigenvalue weighted by atomic mass is 10.1. The predicted octanol–water partition coefficient (Wildman–Crippen LogP) is 3.34. The highest BCUT2D eigenvalue weighted by atomic mass is 35.5. The second-order valence-corrected chi connectivity index (χ2v) is 6.68. The normalized spacial score (nSPS) is 15.1. The molecule has 0 bridgehead atoms. The number of carbonyl (C=O) groups excluding carboxylic acids is 3. The van der Waals surface area contributed by atoms with Crippen LogP contribution in [0.5, 0.6) is 11.5 Å². The number of anilines is 1. The first-order valence-electron chi connectivity index (χ1n) is 8.78. The number of nitrogens with one attached hydrogen (secondary N) is 1. The summed E-state index contributed by atoms with van der Waals surface area (Å²) in [6.07, 6.45) is 6.53. The number of para-hydroxylation sites is 1. The zero-order chi connectivity index (χ0) is 21.8. The van der Waals surface area contributed by atoms with E-state index in [2.05, 4.69) is 11.2 Å². The van der Waals surface area contributed by atoms with E-state index in [1.54, 1.807) is 37.3 Å². The van der Waals surface area contributed by atoms with Gasteiger partial charge < -0.3 is 9.47 Å². The zero-order valence-electron chi connectivity index (χ0n) is 16.2. The molecule has 30 heavy (non-hydrogen) atoms. The van der Waals surface area contributed by atoms with Crippen LogP contribution in [-0.4, -0.2) is 31.6 Å². The molecule has 4 amide bonds. The number of amides is 4. The summed E-state index contributed by atoms with van der Waals surface area (Å²) in [4.78, 5) is 38.6. The average Bonchev–Trinajstić information content (AvgIpc) is 2.71. The van der Waals surface area contributed by atoms with Gasteiger partial charge in [0.05, 0.1) is 17.8 Å². The Morgan fingerprint density at radius 1 is 1.23 bits per heavy atom. The number of imide groups is 2. The van der Waals surface area contributed by atoms with E-state index in [1.807, 2.05) is 0 Å². The molecule has 152 valence electrons. The van der Waals surface area contributed by atoms with Crippen molar-refractivity contribution in [3.05, 3.63) is 58.1 Å². The number of nitrogens with zero attached hydrogens (tertiary/aromatic N) is 1. The van der Waals surface area contributed by atoms with E-state index in [0.717, 1.165) is 4.90 Å². The van der Waals surface area contributed by atoms with Gasteiger partial charge in [-0.2, -0.15) is 0 Å². The fourth-order valence-corrected chi connectivity index (χ4v) is 3.21. The molecule has 1 heterocycles. The maximum absolute atomic E-state index is 13.0. The van der Waals surface area contributed by atoms with E-state index in [-0.39, 0.29) is 28.7 Å². The van der Waals surface area contributed by atoms with Crippen molar-refractivity contribution in [2.75, 3.05) is 18.6 Å². The van der Waals surface area contributed by atoms with Crippen molar-refractivity contribution in [1.82, 2.24) is 5.32 Å². The van der Waals surface area contributed by atoms with E-state index in [0.29, 0.717) is 16.8 Å². The topological polar surface area (TPSA) is 84.9 Å². The van der Waals surface area contributed by atoms with E-state index in [9.17, 15) is 14.4 Å². The van der Waals surface area contributed by atoms with Gasteiger partial charge in [0.15, 0.2) is 11.5 Å². The highest BCUT2D eigenvalue weighted by molar-refractivity contribution is 6.39. The molecule has 1 fully saturated rings. The van der Waals surface area contributed by atoms with E-state index < -0.39 is 17.8 Å². The quantitative estimate of drug-likeness (QED) is 0.452. The van der Waals surface area contributed by atoms with Gasteiger partial charge in [0.25, 0.3) is 11.8 Å². The molecule has 8 heteroatoms. The van der Waals surface area contributed by atoms with E-state index >= 15 is 0 Å². The molecule has 2 aromatic carbocycles. The average molecular weight is 425 g/mol. The van der Waals surface area contributed by atoms with Crippen molar-refractivity contribution in [3.8, 4) is 23.8 Å². The van der Waals surface area contributed by atoms with Gasteiger partial charge in [-0.15, -0.1) is 6.42 Å². The Kier molecular flexibility index (Phi) is 6.09. The van der Waals surface area contributed by atoms with Crippen molar-refractivity contribution in [1.29, 1.82) is 0 Å². The minimum Gasteiger partial charge on any atom is -0.493 e. The number of benzene rings is 2. The van der Waals surface area contributed by atoms with E-state index in [1.165, 1.54) is 19.3 Å². The van der Waals surface area contributed by atoms with Crippen molar-refractivity contribution in [2.45, 2.75) is 6.92 Å². The van der Waals surface area contributed by atoms with Crippen molar-refractivity contribution >= 4 is 41.2 Å². The number of urea groups is 1. The monoisotopic (exact) mass is 424 g/mol. The number of ether oxygens (including phenoxy) is 2. The molecule has 0 unspecified atom stereocenters. The molecule has 0 atom stereocenters. The third-order valence-electron chi connectivity index (χ3n) is 4.32. The zero-order valence-corrected chi connectivity index (χ0v) is 16.9. The summed E-state index contributed by atoms with van der Waals surface area (Å²) in [5.41, 5.74) is 1.26. The highest BCUT2D eigenvalue weighted by Gasteiger charge is 2.37. The lowest BCUT2D eigenvalue weighted by Crippen LogP contribution is -2.54. The van der Waals surface area contributed by atoms with Crippen molar-refractivity contribution < 1.29 is 23.9 Å². The number of carbonyl (C=O) groups is 3. The molecule has 1 saturated heterocycles. The number of terminal acetylenes is 1. The minimum atomic E-state index is -0.815. The van der Waals surface area contributed by atoms with Crippen LogP contribution in [0, 0.1) is 19.3 Å². The first kappa shape index (κ1) is 21.0. The van der Waals surface area contributed by atoms with Gasteiger partial charge in [-0.1, -0.05) is 35.7 Å². The maximum Gasteiger partial charge on any atom is 0.335 e. The molecule has 0 spiro atoms. The van der Waals surface area contributed by atoms with Crippen LogP contribution in [0.4, 0.5) is 10.5 Å². The molecular weight excluding hydrogens is 408 g/mol. The van der Waals surface area contributed by atoms with Gasteiger partial charge in [-0.25, -0.2) is 9.69 Å². The number of aryl methyl sites for hydroxylation is 1. The molecule has 0 aromatic heterocycles. The van der Waals surface area contributed by atoms with Crippen LogP contribution in [0.3, 0.4) is 0 Å². The number of hydrogen-bond donors (Lipinski definition) is 1. The Balaban J connectivity index is 2.04. The minimum absolute atomic E-state index is 0.00902. The molecular formula is C22H17ClN2O5. The first-order chi connectivity index (χ1) is 14.4. The number of methoxy groups -OCH3 is 1. The van der Waals surface area contributed by atoms with Crippen LogP contribution in [-0.2, 0) is 9.59 Å². The molecule has 1 aliphatic heterocycles. The molecule has 7 nitrogen and oxygen atoms in total. The highest BCUT2D eigenvalue weighted by Crippen LogP contribution is 2.37. The Hall–Kier alpha value is -3.76. The standard InChI is InChI=1S/C22H17ClN2O5/c1-4-9-30-19-16(23)11-14(12-18(19)29-3)10-15-20(26)24-22(28)25(21(15)27)17-8-6-5-7-13(17)2/h1,5-8,10-12H,9H2,2-3H3,(H,24,26,28)/b15-10+. The summed E-state index contributed by atoms with van der Waals surface area (Å²) in [5, 5.41) is 2.37. The van der Waals surface area contributed by atoms with E-state index in [4.69, 9.17) is 27.5 Å². The van der Waals surface area contributed by atoms with Gasteiger partial charge in [-0.3, -0.25) is 14.9 Å². The third-order valence-corrected chi connectivity index (χ3v) is 4.60. The summed E-state index contributed by atoms with van der Waals surface area (Å²) in [5.74, 6) is 1.30. The Bertz CT molecular complexity index is 1120. The van der Waals surface area contributed by atoms with Gasteiger partial charge in [0.2, 0.25) is 0 Å². The summed E-state index contributed by atoms with van der Waals surface area (Å²) in [6, 6.07) is 9.09. The molecule has 1 N–H and O–H groups in total. The molecule has 1 aliphatic rings. The number of rotatable bonds is 5. The third kappa shape index (κ3) is 4.00. The molecule has 3 rings (SSSR count). The van der Waals surface area contributed by atoms with Crippen LogP contribution < -0.4 is 19.7 Å². The fourth-order valence-electron chi connectivity index (χ4n) is 2.93. The van der Waals surface area contributed by atoms with Crippen LogP contribution in [0.15, 0.2) is 42.0 Å². The lowest BCUT2D eigenvalue weighted by molar-refractivity contribution is -0.122. The second kappa shape index (κ2) is 8.72. The van der Waals surface area contributed by atoms with Gasteiger partial charge >= 0.3 is 6.03 Å². The summed E-state index contributed by atoms with van der Waals surface area (Å²) < 4.78 is 10.7. The van der Waals surface area contributed by atoms with Crippen LogP contribution in [0.1, 0.15) is 11.1 Å². The number of hydrogen-bond acceptors (Lipinski definition) is 5. The Morgan fingerprint density at radius 3 is 2.63 bits per heavy atom. The lowest BCUT2D eigenvalue weighted by Gasteiger charge is -2.27. The van der Waals surface area contributed by atoms with Crippen molar-refractivity contribution in [3.63, 3.8) is 0 Å². The van der Waals surface area contributed by atoms with Gasteiger partial charge in [0, 0.05) is 0 Å². The van der Waals surface area contributed by atoms with Crippen LogP contribution in [0.25, 0.3) is 6.08 Å². The van der Waals surface area contributed by atoms with Gasteiger partial charge in [0.1, 0.15) is 12.2 Å². The number of halogens is 1. The Labute approximate surface area is 178 Å². The van der Waals surface area contributed by atoms with Gasteiger partial charge in [-0.05, 0) is 42.3 Å². The van der Waals surface area contributed by atoms with Crippen molar-refractivity contribution in [2.24, 2.45) is 0 Å². The maximum atomic E-state index is 13.0. The SMILES string of the molecule is C#CCOc1c(Cl)cc(/C=C2\C(=O)NC(=O)N(c3ccccc3C)C2=O)cc1OC. The second-order valence-electron chi connectivity index (χ2n) is 6.27. The fraction of sp³-hybridized carbons (Fsp3) is 0.136. The first-order valence-corrected chi connectivity index (χ1v) is 9.16. The van der Waals surface area contributed by atoms with Crippen LogP contribution in [0.2, 0.25) is 5.02 Å². The largest absolute Gasteiger partial charge is 0.493 e. The summed E-state index contributed by atoms with van der Waals surface area (Å²) in [6.45, 7) is 1.75. The Morgan fingerprint density at radius 2 is 1.97 bits per heavy atom. The number of barbiturate groups is 1. The molecule has 0 saturated carbocycles. The summed E-state index contributed by atoms with van der Waals surface area (Å²) >= 11 is 6.26. The van der Waals surface area contributed by atoms with Crippen LogP contribution >= 0.6 is 11.6 Å². The molecule has 2 aromatic rings.